The Morgan fingerprint density at radius 1 is 1.25 bits per heavy atom. The van der Waals surface area contributed by atoms with E-state index in [0.717, 1.165) is 11.0 Å². The normalized spacial score (nSPS) is 10.7. The number of imidazole rings is 1. The van der Waals surface area contributed by atoms with Crippen LogP contribution in [0.3, 0.4) is 0 Å². The number of benzene rings is 2. The van der Waals surface area contributed by atoms with Gasteiger partial charge < -0.3 is 10.3 Å². The first-order chi connectivity index (χ1) is 9.63. The molecule has 0 saturated carbocycles. The molecule has 1 amide bonds. The maximum absolute atomic E-state index is 13.0. The maximum Gasteiger partial charge on any atom is 0.255 e. The Labute approximate surface area is 122 Å². The molecule has 3 rings (SSSR count). The molecule has 3 aromatic rings. The van der Waals surface area contributed by atoms with Crippen molar-refractivity contribution in [1.29, 1.82) is 0 Å². The minimum Gasteiger partial charge on any atom is -0.345 e. The second kappa shape index (κ2) is 5.05. The number of H-pyrrole nitrogens is 1. The molecule has 20 heavy (non-hydrogen) atoms. The Morgan fingerprint density at radius 3 is 2.90 bits per heavy atom. The molecule has 0 aliphatic carbocycles. The topological polar surface area (TPSA) is 57.8 Å². The SMILES string of the molecule is O=C(Nc1ccc(F)cc1Br)c1ccc2nc[nH]c2c1. The Hall–Kier alpha value is -2.21. The van der Waals surface area contributed by atoms with E-state index in [1.165, 1.54) is 18.2 Å². The molecule has 0 fully saturated rings. The molecule has 1 heterocycles. The summed E-state index contributed by atoms with van der Waals surface area (Å²) in [6.45, 7) is 0. The second-order valence-electron chi connectivity index (χ2n) is 4.21. The monoisotopic (exact) mass is 333 g/mol. The van der Waals surface area contributed by atoms with Crippen LogP contribution in [0.4, 0.5) is 10.1 Å². The Kier molecular flexibility index (Phi) is 3.23. The molecular formula is C14H9BrFN3O. The van der Waals surface area contributed by atoms with Gasteiger partial charge in [0.1, 0.15) is 5.82 Å². The van der Waals surface area contributed by atoms with Crippen molar-refractivity contribution in [1.82, 2.24) is 9.97 Å². The quantitative estimate of drug-likeness (QED) is 0.750. The molecule has 2 aromatic carbocycles. The predicted octanol–water partition coefficient (Wildman–Crippen LogP) is 3.72. The summed E-state index contributed by atoms with van der Waals surface area (Å²) in [5.41, 5.74) is 2.60. The molecule has 1 aromatic heterocycles. The van der Waals surface area contributed by atoms with Gasteiger partial charge in [-0.15, -0.1) is 0 Å². The van der Waals surface area contributed by atoms with Gasteiger partial charge in [-0.1, -0.05) is 0 Å². The average molecular weight is 334 g/mol. The highest BCUT2D eigenvalue weighted by molar-refractivity contribution is 9.10. The van der Waals surface area contributed by atoms with E-state index in [-0.39, 0.29) is 11.7 Å². The van der Waals surface area contributed by atoms with Crippen molar-refractivity contribution in [2.75, 3.05) is 5.32 Å². The third-order valence-electron chi connectivity index (χ3n) is 2.86. The number of hydrogen-bond donors (Lipinski definition) is 2. The molecule has 0 saturated heterocycles. The van der Waals surface area contributed by atoms with Crippen LogP contribution in [-0.2, 0) is 0 Å². The number of anilines is 1. The molecule has 0 aliphatic heterocycles. The number of aromatic amines is 1. The molecule has 6 heteroatoms. The Morgan fingerprint density at radius 2 is 2.10 bits per heavy atom. The van der Waals surface area contributed by atoms with Crippen molar-refractivity contribution in [3.05, 3.63) is 58.6 Å². The number of fused-ring (bicyclic) bond motifs is 1. The van der Waals surface area contributed by atoms with E-state index in [1.54, 1.807) is 24.5 Å². The van der Waals surface area contributed by atoms with E-state index in [2.05, 4.69) is 31.2 Å². The first kappa shape index (κ1) is 12.8. The number of halogens is 2. The van der Waals surface area contributed by atoms with Crippen molar-refractivity contribution in [2.24, 2.45) is 0 Å². The van der Waals surface area contributed by atoms with Crippen molar-refractivity contribution in [2.45, 2.75) is 0 Å². The summed E-state index contributed by atoms with van der Waals surface area (Å²) in [4.78, 5) is 19.2. The molecule has 0 aliphatic rings. The van der Waals surface area contributed by atoms with Crippen LogP contribution < -0.4 is 5.32 Å². The van der Waals surface area contributed by atoms with Crippen LogP contribution in [-0.4, -0.2) is 15.9 Å². The molecule has 4 nitrogen and oxygen atoms in total. The lowest BCUT2D eigenvalue weighted by Gasteiger charge is -2.07. The fourth-order valence-electron chi connectivity index (χ4n) is 1.86. The molecule has 0 atom stereocenters. The third kappa shape index (κ3) is 2.42. The summed E-state index contributed by atoms with van der Waals surface area (Å²) in [6, 6.07) is 9.27. The van der Waals surface area contributed by atoms with E-state index in [0.29, 0.717) is 15.7 Å². The second-order valence-corrected chi connectivity index (χ2v) is 5.07. The molecule has 0 radical (unpaired) electrons. The van der Waals surface area contributed by atoms with Gasteiger partial charge in [-0.2, -0.15) is 0 Å². The maximum atomic E-state index is 13.0. The average Bonchev–Trinajstić information content (AvgIpc) is 2.89. The van der Waals surface area contributed by atoms with E-state index < -0.39 is 0 Å². The fourth-order valence-corrected chi connectivity index (χ4v) is 2.31. The van der Waals surface area contributed by atoms with E-state index in [1.807, 2.05) is 0 Å². The minimum atomic E-state index is -0.367. The summed E-state index contributed by atoms with van der Waals surface area (Å²) >= 11 is 3.21. The highest BCUT2D eigenvalue weighted by Crippen LogP contribution is 2.24. The van der Waals surface area contributed by atoms with Gasteiger partial charge in [0.2, 0.25) is 0 Å². The van der Waals surface area contributed by atoms with Crippen LogP contribution in [0.1, 0.15) is 10.4 Å². The highest BCUT2D eigenvalue weighted by atomic mass is 79.9. The van der Waals surface area contributed by atoms with Gasteiger partial charge >= 0.3 is 0 Å². The van der Waals surface area contributed by atoms with Gasteiger partial charge in [-0.25, -0.2) is 9.37 Å². The number of aromatic nitrogens is 2. The lowest BCUT2D eigenvalue weighted by atomic mass is 10.2. The van der Waals surface area contributed by atoms with Crippen LogP contribution >= 0.6 is 15.9 Å². The Bertz CT molecular complexity index is 800. The van der Waals surface area contributed by atoms with Crippen molar-refractivity contribution in [3.63, 3.8) is 0 Å². The van der Waals surface area contributed by atoms with Gasteiger partial charge in [0.25, 0.3) is 5.91 Å². The molecular weight excluding hydrogens is 325 g/mol. The van der Waals surface area contributed by atoms with Gasteiger partial charge in [-0.05, 0) is 52.3 Å². The summed E-state index contributed by atoms with van der Waals surface area (Å²) in [7, 11) is 0. The predicted molar refractivity (Wildman–Crippen MR) is 78.1 cm³/mol. The van der Waals surface area contributed by atoms with E-state index in [9.17, 15) is 9.18 Å². The third-order valence-corrected chi connectivity index (χ3v) is 3.52. The summed E-state index contributed by atoms with van der Waals surface area (Å²) < 4.78 is 13.5. The zero-order valence-corrected chi connectivity index (χ0v) is 11.7. The van der Waals surface area contributed by atoms with Crippen LogP contribution in [0.25, 0.3) is 11.0 Å². The van der Waals surface area contributed by atoms with Gasteiger partial charge in [0, 0.05) is 10.0 Å². The smallest absolute Gasteiger partial charge is 0.255 e. The number of amides is 1. The molecule has 0 bridgehead atoms. The van der Waals surface area contributed by atoms with Crippen LogP contribution in [0, 0.1) is 5.82 Å². The number of nitrogens with one attached hydrogen (secondary N) is 2. The van der Waals surface area contributed by atoms with Crippen LogP contribution in [0.2, 0.25) is 0 Å². The van der Waals surface area contributed by atoms with Crippen molar-refractivity contribution in [3.8, 4) is 0 Å². The van der Waals surface area contributed by atoms with Crippen LogP contribution in [0.15, 0.2) is 47.2 Å². The molecule has 2 N–H and O–H groups in total. The Balaban J connectivity index is 1.88. The summed E-state index contributed by atoms with van der Waals surface area (Å²) in [5.74, 6) is -0.637. The fraction of sp³-hybridized carbons (Fsp3) is 0. The summed E-state index contributed by atoms with van der Waals surface area (Å²) in [5, 5.41) is 2.72. The van der Waals surface area contributed by atoms with Crippen molar-refractivity contribution >= 4 is 38.6 Å². The zero-order valence-electron chi connectivity index (χ0n) is 10.2. The lowest BCUT2D eigenvalue weighted by molar-refractivity contribution is 0.102. The number of carbonyl (C=O) groups is 1. The van der Waals surface area contributed by atoms with E-state index >= 15 is 0 Å². The first-order valence-corrected chi connectivity index (χ1v) is 6.62. The van der Waals surface area contributed by atoms with E-state index in [4.69, 9.17) is 0 Å². The van der Waals surface area contributed by atoms with Gasteiger partial charge in [0.15, 0.2) is 0 Å². The lowest BCUT2D eigenvalue weighted by Crippen LogP contribution is -2.12. The van der Waals surface area contributed by atoms with Crippen molar-refractivity contribution < 1.29 is 9.18 Å². The van der Waals surface area contributed by atoms with Crippen LogP contribution in [0.5, 0.6) is 0 Å². The number of rotatable bonds is 2. The number of nitrogens with zero attached hydrogens (tertiary/aromatic N) is 1. The number of carbonyl (C=O) groups excluding carboxylic acids is 1. The standard InChI is InChI=1S/C14H9BrFN3O/c15-10-6-9(16)2-4-11(10)19-14(20)8-1-3-12-13(5-8)18-7-17-12/h1-7H,(H,17,18)(H,19,20). The highest BCUT2D eigenvalue weighted by Gasteiger charge is 2.10. The van der Waals surface area contributed by atoms with Gasteiger partial charge in [-0.3, -0.25) is 4.79 Å². The largest absolute Gasteiger partial charge is 0.345 e. The number of hydrogen-bond acceptors (Lipinski definition) is 2. The minimum absolute atomic E-state index is 0.270. The molecule has 0 unspecified atom stereocenters. The first-order valence-electron chi connectivity index (χ1n) is 5.83. The molecule has 0 spiro atoms. The summed E-state index contributed by atoms with van der Waals surface area (Å²) in [6.07, 6.45) is 1.57. The van der Waals surface area contributed by atoms with Gasteiger partial charge in [0.05, 0.1) is 23.0 Å². The molecule has 100 valence electrons. The zero-order chi connectivity index (χ0) is 14.1.